The topological polar surface area (TPSA) is 48.3 Å². The Morgan fingerprint density at radius 3 is 2.81 bits per heavy atom. The Morgan fingerprint density at radius 1 is 1.48 bits per heavy atom. The first kappa shape index (κ1) is 15.8. The van der Waals surface area contributed by atoms with Gasteiger partial charge in [0.15, 0.2) is 0 Å². The molecule has 0 saturated carbocycles. The van der Waals surface area contributed by atoms with Gasteiger partial charge < -0.3 is 10.1 Å². The molecule has 2 atom stereocenters. The molecule has 0 aliphatic carbocycles. The van der Waals surface area contributed by atoms with E-state index in [1.807, 2.05) is 19.2 Å². The van der Waals surface area contributed by atoms with Gasteiger partial charge in [-0.3, -0.25) is 4.90 Å². The third-order valence-corrected chi connectivity index (χ3v) is 4.38. The Labute approximate surface area is 127 Å². The van der Waals surface area contributed by atoms with Gasteiger partial charge in [-0.2, -0.15) is 5.26 Å². The number of hydrogen-bond acceptors (Lipinski definition) is 4. The van der Waals surface area contributed by atoms with E-state index in [0.717, 1.165) is 13.1 Å². The molecule has 0 radical (unpaired) electrons. The van der Waals surface area contributed by atoms with Gasteiger partial charge in [0, 0.05) is 12.1 Å². The van der Waals surface area contributed by atoms with E-state index >= 15 is 0 Å². The Bertz CT molecular complexity index is 521. The van der Waals surface area contributed by atoms with Crippen LogP contribution in [0.15, 0.2) is 18.2 Å². The third kappa shape index (κ3) is 3.20. The summed E-state index contributed by atoms with van der Waals surface area (Å²) in [4.78, 5) is 2.53. The Balaban J connectivity index is 2.37. The number of methoxy groups -OCH3 is 1. The van der Waals surface area contributed by atoms with Crippen molar-refractivity contribution >= 4 is 0 Å². The van der Waals surface area contributed by atoms with Crippen molar-refractivity contribution in [1.82, 2.24) is 10.2 Å². The highest BCUT2D eigenvalue weighted by atomic mass is 16.5. The van der Waals surface area contributed by atoms with Gasteiger partial charge in [-0.15, -0.1) is 0 Å². The fourth-order valence-corrected chi connectivity index (χ4v) is 3.40. The molecule has 114 valence electrons. The molecule has 1 aliphatic heterocycles. The summed E-state index contributed by atoms with van der Waals surface area (Å²) in [5, 5.41) is 12.6. The lowest BCUT2D eigenvalue weighted by molar-refractivity contribution is 0.182. The zero-order valence-corrected chi connectivity index (χ0v) is 13.4. The molecular weight excluding hydrogens is 262 g/mol. The molecule has 1 saturated heterocycles. The molecule has 2 unspecified atom stereocenters. The molecule has 0 spiro atoms. The fraction of sp³-hybridized carbons (Fsp3) is 0.588. The molecule has 4 heteroatoms. The molecule has 2 rings (SSSR count). The minimum atomic E-state index is 0.371. The van der Waals surface area contributed by atoms with Crippen LogP contribution in [0.25, 0.3) is 0 Å². The van der Waals surface area contributed by atoms with Crippen LogP contribution in [0.3, 0.4) is 0 Å². The average molecular weight is 287 g/mol. The summed E-state index contributed by atoms with van der Waals surface area (Å²) >= 11 is 0. The number of benzene rings is 1. The molecule has 0 bridgehead atoms. The van der Waals surface area contributed by atoms with Crippen LogP contribution in [0.1, 0.15) is 37.4 Å². The minimum absolute atomic E-state index is 0.371. The average Bonchev–Trinajstić information content (AvgIpc) is 2.91. The number of nitriles is 1. The van der Waals surface area contributed by atoms with Crippen molar-refractivity contribution in [3.8, 4) is 11.8 Å². The molecule has 4 nitrogen and oxygen atoms in total. The van der Waals surface area contributed by atoms with E-state index < -0.39 is 0 Å². The second kappa shape index (κ2) is 6.93. The molecule has 1 aliphatic rings. The van der Waals surface area contributed by atoms with Crippen LogP contribution in [-0.4, -0.2) is 38.2 Å². The standard InChI is InChI=1S/C17H25N3O/c1-12(2)20-8-7-14(11-19-3)17(20)13-5-6-16(21-4)15(9-13)10-18/h5-6,9,12,14,17,19H,7-8,11H2,1-4H3. The van der Waals surface area contributed by atoms with Gasteiger partial charge in [-0.05, 0) is 64.0 Å². The van der Waals surface area contributed by atoms with Gasteiger partial charge >= 0.3 is 0 Å². The number of hydrogen-bond donors (Lipinski definition) is 1. The van der Waals surface area contributed by atoms with Crippen molar-refractivity contribution in [2.24, 2.45) is 5.92 Å². The van der Waals surface area contributed by atoms with Crippen molar-refractivity contribution in [3.05, 3.63) is 29.3 Å². The summed E-state index contributed by atoms with van der Waals surface area (Å²) < 4.78 is 5.25. The van der Waals surface area contributed by atoms with Crippen LogP contribution in [0.2, 0.25) is 0 Å². The fourth-order valence-electron chi connectivity index (χ4n) is 3.40. The highest BCUT2D eigenvalue weighted by molar-refractivity contribution is 5.46. The number of likely N-dealkylation sites (tertiary alicyclic amines) is 1. The van der Waals surface area contributed by atoms with Crippen LogP contribution in [0, 0.1) is 17.2 Å². The van der Waals surface area contributed by atoms with Gasteiger partial charge in [0.1, 0.15) is 11.8 Å². The Morgan fingerprint density at radius 2 is 2.24 bits per heavy atom. The summed E-state index contributed by atoms with van der Waals surface area (Å²) in [6, 6.07) is 9.13. The van der Waals surface area contributed by atoms with E-state index in [4.69, 9.17) is 4.74 Å². The maximum atomic E-state index is 9.31. The SMILES string of the molecule is CNCC1CCN(C(C)C)C1c1ccc(OC)c(C#N)c1. The molecule has 21 heavy (non-hydrogen) atoms. The minimum Gasteiger partial charge on any atom is -0.495 e. The first-order valence-corrected chi connectivity index (χ1v) is 7.60. The second-order valence-electron chi connectivity index (χ2n) is 5.95. The monoisotopic (exact) mass is 287 g/mol. The largest absolute Gasteiger partial charge is 0.495 e. The summed E-state index contributed by atoms with van der Waals surface area (Å²) in [6.07, 6.45) is 1.19. The zero-order valence-electron chi connectivity index (χ0n) is 13.4. The zero-order chi connectivity index (χ0) is 15.4. The highest BCUT2D eigenvalue weighted by Gasteiger charge is 2.36. The number of ether oxygens (including phenoxy) is 1. The summed E-state index contributed by atoms with van der Waals surface area (Å²) in [6.45, 7) is 6.59. The molecule has 1 fully saturated rings. The molecule has 1 aromatic rings. The molecular formula is C17H25N3O. The molecule has 1 aromatic carbocycles. The highest BCUT2D eigenvalue weighted by Crippen LogP contribution is 2.39. The molecule has 1 N–H and O–H groups in total. The summed E-state index contributed by atoms with van der Waals surface area (Å²) in [5.74, 6) is 1.23. The van der Waals surface area contributed by atoms with E-state index in [9.17, 15) is 5.26 Å². The van der Waals surface area contributed by atoms with Crippen molar-refractivity contribution in [3.63, 3.8) is 0 Å². The van der Waals surface area contributed by atoms with E-state index in [2.05, 4.69) is 36.2 Å². The van der Waals surface area contributed by atoms with Crippen molar-refractivity contribution < 1.29 is 4.74 Å². The number of nitrogens with one attached hydrogen (secondary N) is 1. The van der Waals surface area contributed by atoms with Gasteiger partial charge in [0.25, 0.3) is 0 Å². The first-order valence-electron chi connectivity index (χ1n) is 7.60. The van der Waals surface area contributed by atoms with E-state index in [-0.39, 0.29) is 0 Å². The normalized spacial score (nSPS) is 22.5. The molecule has 0 amide bonds. The van der Waals surface area contributed by atoms with E-state index in [1.54, 1.807) is 7.11 Å². The van der Waals surface area contributed by atoms with Gasteiger partial charge in [-0.25, -0.2) is 0 Å². The van der Waals surface area contributed by atoms with E-state index in [1.165, 1.54) is 12.0 Å². The molecule has 0 aromatic heterocycles. The quantitative estimate of drug-likeness (QED) is 0.904. The van der Waals surface area contributed by atoms with Crippen LogP contribution < -0.4 is 10.1 Å². The van der Waals surface area contributed by atoms with Gasteiger partial charge in [0.05, 0.1) is 12.7 Å². The van der Waals surface area contributed by atoms with Crippen LogP contribution in [0.5, 0.6) is 5.75 Å². The second-order valence-corrected chi connectivity index (χ2v) is 5.95. The Hall–Kier alpha value is -1.57. The molecule has 1 heterocycles. The van der Waals surface area contributed by atoms with Crippen molar-refractivity contribution in [2.45, 2.75) is 32.4 Å². The van der Waals surface area contributed by atoms with E-state index in [0.29, 0.717) is 29.3 Å². The predicted molar refractivity (Wildman–Crippen MR) is 84.3 cm³/mol. The van der Waals surface area contributed by atoms with Crippen molar-refractivity contribution in [1.29, 1.82) is 5.26 Å². The maximum Gasteiger partial charge on any atom is 0.136 e. The Kier molecular flexibility index (Phi) is 5.22. The lowest BCUT2D eigenvalue weighted by Gasteiger charge is -2.32. The lowest BCUT2D eigenvalue weighted by Crippen LogP contribution is -2.33. The summed E-state index contributed by atoms with van der Waals surface area (Å²) in [5.41, 5.74) is 1.84. The van der Waals surface area contributed by atoms with Crippen LogP contribution >= 0.6 is 0 Å². The third-order valence-electron chi connectivity index (χ3n) is 4.38. The van der Waals surface area contributed by atoms with Gasteiger partial charge in [0.2, 0.25) is 0 Å². The van der Waals surface area contributed by atoms with Crippen LogP contribution in [-0.2, 0) is 0 Å². The number of nitrogens with zero attached hydrogens (tertiary/aromatic N) is 2. The maximum absolute atomic E-state index is 9.31. The first-order chi connectivity index (χ1) is 10.1. The number of rotatable bonds is 5. The smallest absolute Gasteiger partial charge is 0.136 e. The predicted octanol–water partition coefficient (Wildman–Crippen LogP) is 2.56. The lowest BCUT2D eigenvalue weighted by atomic mass is 9.92. The van der Waals surface area contributed by atoms with Crippen molar-refractivity contribution in [2.75, 3.05) is 27.2 Å². The van der Waals surface area contributed by atoms with Gasteiger partial charge in [-0.1, -0.05) is 6.07 Å². The summed E-state index contributed by atoms with van der Waals surface area (Å²) in [7, 11) is 3.61. The van der Waals surface area contributed by atoms with Crippen LogP contribution in [0.4, 0.5) is 0 Å².